The van der Waals surface area contributed by atoms with Crippen molar-refractivity contribution in [1.29, 1.82) is 0 Å². The van der Waals surface area contributed by atoms with Crippen LogP contribution in [-0.2, 0) is 84.8 Å². The smallest absolute Gasteiger partial charge is 0.326 e. The molecule has 0 saturated carbocycles. The van der Waals surface area contributed by atoms with E-state index in [0.717, 1.165) is 6.92 Å². The average molecular weight is 1310 g/mol. The number of aromatic nitrogens is 1. The number of carbonyl (C=O) groups excluding carboxylic acids is 11. The fourth-order valence-corrected chi connectivity index (χ4v) is 9.32. The standard InChI is InChI=1S/C59H84N14O20/c1-29(2)24-42(71-51(84)35(61)27-46(63)76)56(89)69-37(15-19-45(62)75)53(86)67-38(16-20-47(77)78)52(85)65-30(3)50(83)66-39(17-21-48(79)80)54(87)68-40(18-22-49(81)82)55(88)73-44(26-32-28-64-36-9-5-4-8-34(32)36)58(91)72-43(25-31-11-13-33(74)14-12-31)57(90)70-41(59(92)93)10-6-7-23-60/h4-5,8-9,11-14,28-30,35,37-44,64,74H,6-7,10,15-27,60-61H2,1-3H3,(H2,62,75)(H2,63,76)(H,65,85)(H,66,83)(H,67,86)(H,68,87)(H,69,89)(H,70,90)(H,71,84)(H,72,91)(H,73,88)(H,77,78)(H,79,80)(H,81,82)(H,92,93)/t30-,35-,37-,38-,39-,40-,41-,42-,43-,44-/m0/s1. The highest BCUT2D eigenvalue weighted by molar-refractivity contribution is 5.99. The van der Waals surface area contributed by atoms with E-state index < -0.39 is 207 Å². The SMILES string of the molecule is CC(C)C[C@H](NC(=O)[C@@H](N)CC(N)=O)C(=O)N[C@@H](CCC(N)=O)C(=O)N[C@@H](CCC(=O)O)C(=O)N[C@@H](C)C(=O)N[C@@H](CCC(=O)O)C(=O)N[C@@H](CCC(=O)O)C(=O)N[C@@H](Cc1c[nH]c2ccccc12)C(=O)N[C@@H](Cc1ccc(O)cc1)C(=O)N[C@@H](CCCCN)C(=O)O. The van der Waals surface area contributed by atoms with Gasteiger partial charge in [-0.2, -0.15) is 0 Å². The number of unbranched alkanes of at least 4 members (excludes halogenated alkanes) is 1. The molecule has 93 heavy (non-hydrogen) atoms. The van der Waals surface area contributed by atoms with E-state index in [-0.39, 0.29) is 43.9 Å². The van der Waals surface area contributed by atoms with E-state index in [9.17, 15) is 97.5 Å². The minimum absolute atomic E-state index is 0.0318. The van der Waals surface area contributed by atoms with Gasteiger partial charge in [-0.15, -0.1) is 0 Å². The lowest BCUT2D eigenvalue weighted by atomic mass is 10.0. The summed E-state index contributed by atoms with van der Waals surface area (Å²) in [6, 6.07) is -4.18. The third-order valence-electron chi connectivity index (χ3n) is 14.3. The molecular weight excluding hydrogens is 1220 g/mol. The Labute approximate surface area is 533 Å². The number of aromatic amines is 1. The number of primary amides is 2. The van der Waals surface area contributed by atoms with Gasteiger partial charge in [-0.3, -0.25) is 67.1 Å². The Morgan fingerprint density at radius 2 is 0.882 bits per heavy atom. The monoisotopic (exact) mass is 1310 g/mol. The van der Waals surface area contributed by atoms with Crippen LogP contribution in [0.2, 0.25) is 0 Å². The van der Waals surface area contributed by atoms with Crippen molar-refractivity contribution in [2.75, 3.05) is 6.54 Å². The Bertz CT molecular complexity index is 3160. The number of hydrogen-bond donors (Lipinski definition) is 19. The molecule has 3 rings (SSSR count). The molecule has 0 saturated heterocycles. The summed E-state index contributed by atoms with van der Waals surface area (Å²) in [4.78, 5) is 200. The van der Waals surface area contributed by atoms with Gasteiger partial charge >= 0.3 is 23.9 Å². The maximum atomic E-state index is 14.7. The number of fused-ring (bicyclic) bond motifs is 1. The highest BCUT2D eigenvalue weighted by Crippen LogP contribution is 2.21. The zero-order valence-electron chi connectivity index (χ0n) is 51.5. The van der Waals surface area contributed by atoms with Crippen LogP contribution in [0.3, 0.4) is 0 Å². The first kappa shape index (κ1) is 77.0. The van der Waals surface area contributed by atoms with Crippen LogP contribution < -0.4 is 70.8 Å². The molecule has 0 aliphatic carbocycles. The van der Waals surface area contributed by atoms with Gasteiger partial charge in [0, 0.05) is 55.6 Å². The number of H-pyrrole nitrogens is 1. The molecule has 0 spiro atoms. The zero-order valence-corrected chi connectivity index (χ0v) is 51.5. The number of aliphatic carboxylic acids is 4. The lowest BCUT2D eigenvalue weighted by Crippen LogP contribution is -2.60. The Balaban J connectivity index is 1.97. The minimum atomic E-state index is -1.89. The van der Waals surface area contributed by atoms with Crippen LogP contribution in [0.1, 0.15) is 115 Å². The first-order valence-corrected chi connectivity index (χ1v) is 29.7. The molecule has 1 heterocycles. The summed E-state index contributed by atoms with van der Waals surface area (Å²) >= 11 is 0. The second kappa shape index (κ2) is 38.4. The van der Waals surface area contributed by atoms with Crippen molar-refractivity contribution in [3.8, 4) is 5.75 Å². The van der Waals surface area contributed by atoms with Crippen molar-refractivity contribution in [2.45, 2.75) is 178 Å². The number of carbonyl (C=O) groups is 15. The second-order valence-electron chi connectivity index (χ2n) is 22.5. The summed E-state index contributed by atoms with van der Waals surface area (Å²) < 4.78 is 0. The highest BCUT2D eigenvalue weighted by atomic mass is 16.4. The van der Waals surface area contributed by atoms with Gasteiger partial charge in [-0.05, 0) is 100 Å². The predicted molar refractivity (Wildman–Crippen MR) is 328 cm³/mol. The van der Waals surface area contributed by atoms with E-state index in [0.29, 0.717) is 34.9 Å². The fraction of sp³-hybridized carbons (Fsp3) is 0.508. The van der Waals surface area contributed by atoms with Crippen molar-refractivity contribution >= 4 is 99.8 Å². The average Bonchev–Trinajstić information content (AvgIpc) is 1.77. The van der Waals surface area contributed by atoms with Gasteiger partial charge in [0.1, 0.15) is 60.1 Å². The topological polar surface area (TPSA) is 585 Å². The van der Waals surface area contributed by atoms with Crippen molar-refractivity contribution in [3.63, 3.8) is 0 Å². The molecule has 510 valence electrons. The number of phenolic OH excluding ortho intramolecular Hbond substituents is 1. The fourth-order valence-electron chi connectivity index (χ4n) is 9.32. The summed E-state index contributed by atoms with van der Waals surface area (Å²) in [5, 5.41) is 70.9. The van der Waals surface area contributed by atoms with Crippen molar-refractivity contribution in [2.24, 2.45) is 28.9 Å². The molecule has 0 radical (unpaired) electrons. The van der Waals surface area contributed by atoms with Gasteiger partial charge in [0.05, 0.1) is 12.5 Å². The van der Waals surface area contributed by atoms with E-state index in [1.165, 1.54) is 30.5 Å². The van der Waals surface area contributed by atoms with Crippen LogP contribution >= 0.6 is 0 Å². The number of aromatic hydroxyl groups is 1. The molecule has 0 aliphatic rings. The van der Waals surface area contributed by atoms with Crippen molar-refractivity contribution in [1.82, 2.24) is 52.8 Å². The van der Waals surface area contributed by atoms with Gasteiger partial charge in [-0.25, -0.2) is 4.79 Å². The number of benzene rings is 2. The molecule has 1 aromatic heterocycles. The lowest BCUT2D eigenvalue weighted by molar-refractivity contribution is -0.142. The van der Waals surface area contributed by atoms with Crippen molar-refractivity contribution in [3.05, 3.63) is 65.9 Å². The number of nitrogens with one attached hydrogen (secondary N) is 10. The summed E-state index contributed by atoms with van der Waals surface area (Å²) in [6.45, 7) is 4.68. The number of carboxylic acids is 4. The molecule has 2 aromatic carbocycles. The molecule has 23 N–H and O–H groups in total. The van der Waals surface area contributed by atoms with Crippen LogP contribution in [-0.4, -0.2) is 186 Å². The molecule has 10 atom stereocenters. The van der Waals surface area contributed by atoms with Gasteiger partial charge in [0.2, 0.25) is 65.0 Å². The van der Waals surface area contributed by atoms with E-state index in [1.807, 2.05) is 0 Å². The molecular formula is C59H84N14O20. The van der Waals surface area contributed by atoms with Crippen LogP contribution in [0.25, 0.3) is 10.9 Å². The molecule has 34 nitrogen and oxygen atoms in total. The molecule has 0 aliphatic heterocycles. The summed E-state index contributed by atoms with van der Waals surface area (Å²) in [7, 11) is 0. The van der Waals surface area contributed by atoms with Crippen LogP contribution in [0.15, 0.2) is 54.7 Å². The Hall–Kier alpha value is -10.3. The van der Waals surface area contributed by atoms with Gasteiger partial charge in [0.25, 0.3) is 0 Å². The zero-order chi connectivity index (χ0) is 69.6. The number of rotatable bonds is 43. The number of carboxylic acid groups (broad SMARTS) is 4. The van der Waals surface area contributed by atoms with E-state index in [2.05, 4.69) is 52.8 Å². The van der Waals surface area contributed by atoms with Crippen LogP contribution in [0.5, 0.6) is 5.75 Å². The first-order valence-electron chi connectivity index (χ1n) is 29.7. The number of phenols is 1. The lowest BCUT2D eigenvalue weighted by Gasteiger charge is -2.28. The Morgan fingerprint density at radius 3 is 1.34 bits per heavy atom. The van der Waals surface area contributed by atoms with Gasteiger partial charge in [0.15, 0.2) is 0 Å². The molecule has 34 heteroatoms. The molecule has 11 amide bonds. The second-order valence-corrected chi connectivity index (χ2v) is 22.5. The number of hydrogen-bond acceptors (Lipinski definition) is 18. The summed E-state index contributed by atoms with van der Waals surface area (Å²) in [6.07, 6.45) is -4.48. The maximum Gasteiger partial charge on any atom is 0.326 e. The maximum absolute atomic E-state index is 14.7. The molecule has 0 fully saturated rings. The molecule has 0 bridgehead atoms. The Kier molecular flexibility index (Phi) is 31.8. The largest absolute Gasteiger partial charge is 0.508 e. The number of nitrogens with two attached hydrogens (primary N) is 4. The Morgan fingerprint density at radius 1 is 0.462 bits per heavy atom. The number of amides is 11. The predicted octanol–water partition coefficient (Wildman–Crippen LogP) is -3.64. The van der Waals surface area contributed by atoms with Crippen LogP contribution in [0, 0.1) is 5.92 Å². The van der Waals surface area contributed by atoms with E-state index >= 15 is 0 Å². The normalized spacial score (nSPS) is 14.3. The van der Waals surface area contributed by atoms with E-state index in [1.54, 1.807) is 38.1 Å². The third-order valence-corrected chi connectivity index (χ3v) is 14.3. The quantitative estimate of drug-likeness (QED) is 0.0243. The summed E-state index contributed by atoms with van der Waals surface area (Å²) in [5.74, 6) is -18.1. The third kappa shape index (κ3) is 27.8. The van der Waals surface area contributed by atoms with E-state index in [4.69, 9.17) is 22.9 Å². The molecule has 0 unspecified atom stereocenters. The highest BCUT2D eigenvalue weighted by Gasteiger charge is 2.36. The minimum Gasteiger partial charge on any atom is -0.508 e. The summed E-state index contributed by atoms with van der Waals surface area (Å²) in [5.41, 5.74) is 23.3. The van der Waals surface area contributed by atoms with Crippen molar-refractivity contribution < 1.29 is 97.5 Å². The number of para-hydroxylation sites is 1. The van der Waals surface area contributed by atoms with Gasteiger partial charge < -0.3 is 101 Å². The first-order chi connectivity index (χ1) is 43.8. The van der Waals surface area contributed by atoms with Gasteiger partial charge in [-0.1, -0.05) is 44.2 Å². The van der Waals surface area contributed by atoms with Crippen LogP contribution in [0.4, 0.5) is 0 Å². The molecule has 3 aromatic rings.